The molecule has 0 aliphatic heterocycles. The number of nitriles is 1. The van der Waals surface area contributed by atoms with Crippen LogP contribution < -0.4 is 10.6 Å². The molecule has 0 atom stereocenters. The number of hydrogen-bond acceptors (Lipinski definition) is 6. The Hall–Kier alpha value is -4.05. The van der Waals surface area contributed by atoms with E-state index in [0.717, 1.165) is 5.69 Å². The van der Waals surface area contributed by atoms with Gasteiger partial charge in [0.25, 0.3) is 5.91 Å². The third-order valence-electron chi connectivity index (χ3n) is 3.71. The van der Waals surface area contributed by atoms with Crippen LogP contribution in [0.1, 0.15) is 33.3 Å². The normalized spacial score (nSPS) is 9.93. The summed E-state index contributed by atoms with van der Waals surface area (Å²) in [6, 6.07) is 17.1. The van der Waals surface area contributed by atoms with Gasteiger partial charge in [-0.2, -0.15) is 5.26 Å². The average molecular weight is 357 g/mol. The zero-order chi connectivity index (χ0) is 19.2. The molecule has 27 heavy (non-hydrogen) atoms. The Morgan fingerprint density at radius 1 is 1.00 bits per heavy atom. The average Bonchev–Trinajstić information content (AvgIpc) is 2.69. The van der Waals surface area contributed by atoms with Crippen LogP contribution in [-0.2, 0) is 0 Å². The molecule has 0 radical (unpaired) electrons. The lowest BCUT2D eigenvalue weighted by atomic mass is 10.1. The standard InChI is InChI=1S/C20H15N5O2/c1-13(26)15-3-2-4-17(9-15)25-20(27)18-10-19(23-12-22-18)24-16-7-5-14(11-21)6-8-16/h2-10,12H,1H3,(H,25,27)(H,22,23,24). The fourth-order valence-electron chi connectivity index (χ4n) is 2.34. The first-order valence-corrected chi connectivity index (χ1v) is 8.07. The second kappa shape index (κ2) is 7.89. The van der Waals surface area contributed by atoms with Crippen LogP contribution in [0.15, 0.2) is 60.9 Å². The lowest BCUT2D eigenvalue weighted by molar-refractivity contribution is 0.100. The zero-order valence-electron chi connectivity index (χ0n) is 14.4. The van der Waals surface area contributed by atoms with Gasteiger partial charge in [0.1, 0.15) is 17.8 Å². The lowest BCUT2D eigenvalue weighted by Gasteiger charge is -2.08. The SMILES string of the molecule is CC(=O)c1cccc(NC(=O)c2cc(Nc3ccc(C#N)cc3)ncn2)c1. The van der Waals surface area contributed by atoms with Crippen LogP contribution >= 0.6 is 0 Å². The quantitative estimate of drug-likeness (QED) is 0.676. The number of nitrogens with one attached hydrogen (secondary N) is 2. The molecular formula is C20H15N5O2. The van der Waals surface area contributed by atoms with E-state index >= 15 is 0 Å². The van der Waals surface area contributed by atoms with E-state index in [1.807, 2.05) is 6.07 Å². The summed E-state index contributed by atoms with van der Waals surface area (Å²) in [7, 11) is 0. The van der Waals surface area contributed by atoms with Crippen molar-refractivity contribution in [2.45, 2.75) is 6.92 Å². The summed E-state index contributed by atoms with van der Waals surface area (Å²) in [5.41, 5.74) is 2.48. The largest absolute Gasteiger partial charge is 0.340 e. The molecule has 7 heteroatoms. The van der Waals surface area contributed by atoms with Crippen LogP contribution in [0.4, 0.5) is 17.2 Å². The molecule has 7 nitrogen and oxygen atoms in total. The van der Waals surface area contributed by atoms with Gasteiger partial charge in [-0.05, 0) is 43.3 Å². The number of ketones is 1. The molecule has 2 aromatic carbocycles. The number of nitrogens with zero attached hydrogens (tertiary/aromatic N) is 3. The topological polar surface area (TPSA) is 108 Å². The summed E-state index contributed by atoms with van der Waals surface area (Å²) >= 11 is 0. The number of benzene rings is 2. The highest BCUT2D eigenvalue weighted by atomic mass is 16.2. The molecule has 0 fully saturated rings. The maximum Gasteiger partial charge on any atom is 0.274 e. The highest BCUT2D eigenvalue weighted by Gasteiger charge is 2.10. The summed E-state index contributed by atoms with van der Waals surface area (Å²) < 4.78 is 0. The Morgan fingerprint density at radius 3 is 2.48 bits per heavy atom. The minimum absolute atomic E-state index is 0.0814. The van der Waals surface area contributed by atoms with Gasteiger partial charge in [0, 0.05) is 23.0 Å². The molecular weight excluding hydrogens is 342 g/mol. The second-order valence-electron chi connectivity index (χ2n) is 5.69. The number of anilines is 3. The van der Waals surface area contributed by atoms with E-state index in [0.29, 0.717) is 22.6 Å². The minimum atomic E-state index is -0.416. The van der Waals surface area contributed by atoms with Crippen molar-refractivity contribution in [3.05, 3.63) is 77.7 Å². The molecule has 2 N–H and O–H groups in total. The number of carbonyl (C=O) groups excluding carboxylic acids is 2. The number of Topliss-reactive ketones (excluding diaryl/α,β-unsaturated/α-hetero) is 1. The highest BCUT2D eigenvalue weighted by Crippen LogP contribution is 2.16. The molecule has 1 heterocycles. The monoisotopic (exact) mass is 357 g/mol. The maximum absolute atomic E-state index is 12.4. The Kier molecular flexibility index (Phi) is 5.19. The van der Waals surface area contributed by atoms with Gasteiger partial charge in [-0.1, -0.05) is 12.1 Å². The third kappa shape index (κ3) is 4.52. The number of aromatic nitrogens is 2. The zero-order valence-corrected chi connectivity index (χ0v) is 14.4. The summed E-state index contributed by atoms with van der Waals surface area (Å²) in [6.07, 6.45) is 1.28. The van der Waals surface area contributed by atoms with Crippen LogP contribution in [0.5, 0.6) is 0 Å². The molecule has 3 rings (SSSR count). The van der Waals surface area contributed by atoms with Crippen LogP contribution in [0.2, 0.25) is 0 Å². The summed E-state index contributed by atoms with van der Waals surface area (Å²) in [6.45, 7) is 1.46. The van der Waals surface area contributed by atoms with Crippen LogP contribution in [0, 0.1) is 11.3 Å². The number of rotatable bonds is 5. The van der Waals surface area contributed by atoms with Crippen molar-refractivity contribution in [3.63, 3.8) is 0 Å². The lowest BCUT2D eigenvalue weighted by Crippen LogP contribution is -2.14. The van der Waals surface area contributed by atoms with Crippen molar-refractivity contribution in [3.8, 4) is 6.07 Å². The van der Waals surface area contributed by atoms with Crippen molar-refractivity contribution in [2.24, 2.45) is 0 Å². The molecule has 0 aliphatic rings. The van der Waals surface area contributed by atoms with Crippen molar-refractivity contribution in [1.82, 2.24) is 9.97 Å². The molecule has 0 unspecified atom stereocenters. The van der Waals surface area contributed by atoms with Gasteiger partial charge < -0.3 is 10.6 Å². The molecule has 0 spiro atoms. The summed E-state index contributed by atoms with van der Waals surface area (Å²) in [4.78, 5) is 32.0. The van der Waals surface area contributed by atoms with Gasteiger partial charge in [-0.15, -0.1) is 0 Å². The van der Waals surface area contributed by atoms with E-state index in [1.54, 1.807) is 48.5 Å². The van der Waals surface area contributed by atoms with E-state index in [-0.39, 0.29) is 11.5 Å². The molecule has 132 valence electrons. The van der Waals surface area contributed by atoms with Crippen LogP contribution in [-0.4, -0.2) is 21.7 Å². The van der Waals surface area contributed by atoms with Gasteiger partial charge in [0.2, 0.25) is 0 Å². The van der Waals surface area contributed by atoms with Crippen molar-refractivity contribution in [2.75, 3.05) is 10.6 Å². The fourth-order valence-corrected chi connectivity index (χ4v) is 2.34. The Morgan fingerprint density at radius 2 is 1.78 bits per heavy atom. The van der Waals surface area contributed by atoms with E-state index in [9.17, 15) is 9.59 Å². The van der Waals surface area contributed by atoms with Crippen molar-refractivity contribution >= 4 is 28.9 Å². The van der Waals surface area contributed by atoms with Gasteiger partial charge in [0.15, 0.2) is 5.78 Å². The molecule has 0 aliphatic carbocycles. The van der Waals surface area contributed by atoms with Gasteiger partial charge >= 0.3 is 0 Å². The summed E-state index contributed by atoms with van der Waals surface area (Å²) in [5, 5.41) is 14.6. The third-order valence-corrected chi connectivity index (χ3v) is 3.71. The minimum Gasteiger partial charge on any atom is -0.340 e. The Bertz CT molecular complexity index is 1040. The number of amides is 1. The smallest absolute Gasteiger partial charge is 0.274 e. The fraction of sp³-hybridized carbons (Fsp3) is 0.0500. The molecule has 0 saturated carbocycles. The van der Waals surface area contributed by atoms with Gasteiger partial charge in [0.05, 0.1) is 11.6 Å². The molecule has 1 aromatic heterocycles. The van der Waals surface area contributed by atoms with Crippen LogP contribution in [0.25, 0.3) is 0 Å². The van der Waals surface area contributed by atoms with Gasteiger partial charge in [-0.25, -0.2) is 9.97 Å². The molecule has 3 aromatic rings. The van der Waals surface area contributed by atoms with E-state index < -0.39 is 5.91 Å². The second-order valence-corrected chi connectivity index (χ2v) is 5.69. The molecule has 0 bridgehead atoms. The molecule has 0 saturated heterocycles. The van der Waals surface area contributed by atoms with Gasteiger partial charge in [-0.3, -0.25) is 9.59 Å². The highest BCUT2D eigenvalue weighted by molar-refractivity contribution is 6.04. The first-order chi connectivity index (χ1) is 13.0. The van der Waals surface area contributed by atoms with E-state index in [2.05, 4.69) is 20.6 Å². The first-order valence-electron chi connectivity index (χ1n) is 8.07. The predicted molar refractivity (Wildman–Crippen MR) is 101 cm³/mol. The van der Waals surface area contributed by atoms with Crippen molar-refractivity contribution in [1.29, 1.82) is 5.26 Å². The number of hydrogen-bond donors (Lipinski definition) is 2. The molecule has 1 amide bonds. The van der Waals surface area contributed by atoms with Crippen molar-refractivity contribution < 1.29 is 9.59 Å². The maximum atomic E-state index is 12.4. The Balaban J connectivity index is 1.74. The van der Waals surface area contributed by atoms with E-state index in [1.165, 1.54) is 19.3 Å². The predicted octanol–water partition coefficient (Wildman–Crippen LogP) is 3.55. The van der Waals surface area contributed by atoms with Crippen LogP contribution in [0.3, 0.4) is 0 Å². The number of carbonyl (C=O) groups is 2. The van der Waals surface area contributed by atoms with E-state index in [4.69, 9.17) is 5.26 Å². The first kappa shape index (κ1) is 17.8. The summed E-state index contributed by atoms with van der Waals surface area (Å²) in [5.74, 6) is -0.0552. The Labute approximate surface area is 155 Å².